The highest BCUT2D eigenvalue weighted by Gasteiger charge is 2.39. The van der Waals surface area contributed by atoms with E-state index in [1.54, 1.807) is 6.07 Å². The zero-order chi connectivity index (χ0) is 11.7. The summed E-state index contributed by atoms with van der Waals surface area (Å²) in [6.07, 6.45) is 2.08. The van der Waals surface area contributed by atoms with Crippen molar-refractivity contribution in [3.8, 4) is 0 Å². The molecule has 1 aliphatic carbocycles. The monoisotopic (exact) mass is 258 g/mol. The molecular formula is C12H16Cl2N2. The molecule has 88 valence electrons. The van der Waals surface area contributed by atoms with Crippen molar-refractivity contribution >= 4 is 23.2 Å². The normalized spacial score (nSPS) is 25.5. The highest BCUT2D eigenvalue weighted by molar-refractivity contribution is 6.42. The quantitative estimate of drug-likeness (QED) is 0.644. The second-order valence-electron chi connectivity index (χ2n) is 4.57. The summed E-state index contributed by atoms with van der Waals surface area (Å²) in [7, 11) is 0. The van der Waals surface area contributed by atoms with E-state index < -0.39 is 0 Å². The summed E-state index contributed by atoms with van der Waals surface area (Å²) >= 11 is 12.1. The first-order valence-electron chi connectivity index (χ1n) is 5.52. The molecule has 0 bridgehead atoms. The molecule has 1 saturated carbocycles. The second kappa shape index (κ2) is 4.92. The first-order valence-corrected chi connectivity index (χ1v) is 6.28. The van der Waals surface area contributed by atoms with Gasteiger partial charge in [0.05, 0.1) is 10.0 Å². The fraction of sp³-hybridized carbons (Fsp3) is 0.500. The van der Waals surface area contributed by atoms with Crippen LogP contribution in [0.25, 0.3) is 0 Å². The first-order chi connectivity index (χ1) is 7.63. The van der Waals surface area contributed by atoms with Gasteiger partial charge in [-0.25, -0.2) is 0 Å². The van der Waals surface area contributed by atoms with Gasteiger partial charge in [0, 0.05) is 6.04 Å². The van der Waals surface area contributed by atoms with Gasteiger partial charge in [0.25, 0.3) is 0 Å². The third-order valence-electron chi connectivity index (χ3n) is 3.37. The van der Waals surface area contributed by atoms with E-state index in [0.29, 0.717) is 22.0 Å². The van der Waals surface area contributed by atoms with E-state index in [1.165, 1.54) is 6.42 Å². The van der Waals surface area contributed by atoms with Gasteiger partial charge in [-0.3, -0.25) is 11.3 Å². The summed E-state index contributed by atoms with van der Waals surface area (Å²) in [4.78, 5) is 0. The molecule has 16 heavy (non-hydrogen) atoms. The third-order valence-corrected chi connectivity index (χ3v) is 4.23. The predicted molar refractivity (Wildman–Crippen MR) is 68.5 cm³/mol. The Bertz CT molecular complexity index is 381. The van der Waals surface area contributed by atoms with Crippen molar-refractivity contribution < 1.29 is 0 Å². The van der Waals surface area contributed by atoms with Gasteiger partial charge < -0.3 is 0 Å². The van der Waals surface area contributed by atoms with Gasteiger partial charge in [-0.2, -0.15) is 0 Å². The molecule has 0 aromatic heterocycles. The molecular weight excluding hydrogens is 243 g/mol. The number of nitrogens with one attached hydrogen (secondary N) is 1. The van der Waals surface area contributed by atoms with E-state index in [-0.39, 0.29) is 0 Å². The maximum absolute atomic E-state index is 6.16. The highest BCUT2D eigenvalue weighted by atomic mass is 35.5. The van der Waals surface area contributed by atoms with Crippen molar-refractivity contribution in [1.82, 2.24) is 5.43 Å². The Balaban J connectivity index is 2.10. The molecule has 2 rings (SSSR count). The van der Waals surface area contributed by atoms with Gasteiger partial charge in [-0.1, -0.05) is 42.3 Å². The van der Waals surface area contributed by atoms with Crippen LogP contribution in [-0.4, -0.2) is 6.04 Å². The Morgan fingerprint density at radius 2 is 2.19 bits per heavy atom. The van der Waals surface area contributed by atoms with Gasteiger partial charge in [0.2, 0.25) is 0 Å². The number of hydrogen-bond donors (Lipinski definition) is 2. The van der Waals surface area contributed by atoms with Crippen molar-refractivity contribution in [2.75, 3.05) is 0 Å². The lowest BCUT2D eigenvalue weighted by atomic mass is 10.0. The van der Waals surface area contributed by atoms with Crippen molar-refractivity contribution in [3.05, 3.63) is 33.8 Å². The molecule has 1 aromatic rings. The Morgan fingerprint density at radius 1 is 1.50 bits per heavy atom. The molecule has 0 amide bonds. The van der Waals surface area contributed by atoms with Crippen LogP contribution >= 0.6 is 23.2 Å². The predicted octanol–water partition coefficient (Wildman–Crippen LogP) is 3.02. The SMILES string of the molecule is CC1CC1C(Cc1cccc(Cl)c1Cl)NN. The van der Waals surface area contributed by atoms with Gasteiger partial charge in [-0.15, -0.1) is 0 Å². The molecule has 1 aliphatic rings. The Hall–Kier alpha value is -0.280. The topological polar surface area (TPSA) is 38.0 Å². The maximum atomic E-state index is 6.16. The maximum Gasteiger partial charge on any atom is 0.0624 e. The molecule has 0 spiro atoms. The standard InChI is InChI=1S/C12H16Cl2N2/c1-7-5-9(7)11(16-15)6-8-3-2-4-10(13)12(8)14/h2-4,7,9,11,16H,5-6,15H2,1H3. The van der Waals surface area contributed by atoms with E-state index in [4.69, 9.17) is 29.0 Å². The molecule has 0 heterocycles. The van der Waals surface area contributed by atoms with E-state index in [2.05, 4.69) is 12.3 Å². The smallest absolute Gasteiger partial charge is 0.0624 e. The molecule has 2 nitrogen and oxygen atoms in total. The average molecular weight is 259 g/mol. The largest absolute Gasteiger partial charge is 0.271 e. The molecule has 0 aliphatic heterocycles. The van der Waals surface area contributed by atoms with Crippen LogP contribution in [0.3, 0.4) is 0 Å². The zero-order valence-electron chi connectivity index (χ0n) is 9.21. The van der Waals surface area contributed by atoms with Crippen LogP contribution < -0.4 is 11.3 Å². The molecule has 1 fully saturated rings. The summed E-state index contributed by atoms with van der Waals surface area (Å²) < 4.78 is 0. The summed E-state index contributed by atoms with van der Waals surface area (Å²) in [6, 6.07) is 6.03. The molecule has 0 saturated heterocycles. The lowest BCUT2D eigenvalue weighted by Crippen LogP contribution is -2.39. The van der Waals surface area contributed by atoms with Crippen molar-refractivity contribution in [1.29, 1.82) is 0 Å². The fourth-order valence-electron chi connectivity index (χ4n) is 2.19. The lowest BCUT2D eigenvalue weighted by molar-refractivity contribution is 0.454. The number of hydrazine groups is 1. The average Bonchev–Trinajstić information content (AvgIpc) is 2.98. The van der Waals surface area contributed by atoms with Gasteiger partial charge in [0.1, 0.15) is 0 Å². The van der Waals surface area contributed by atoms with Crippen LogP contribution in [0.4, 0.5) is 0 Å². The summed E-state index contributed by atoms with van der Waals surface area (Å²) in [5, 5.41) is 1.26. The number of hydrogen-bond acceptors (Lipinski definition) is 2. The van der Waals surface area contributed by atoms with Crippen LogP contribution in [0.2, 0.25) is 10.0 Å². The second-order valence-corrected chi connectivity index (χ2v) is 5.35. The van der Waals surface area contributed by atoms with Crippen LogP contribution in [-0.2, 0) is 6.42 Å². The highest BCUT2D eigenvalue weighted by Crippen LogP contribution is 2.41. The van der Waals surface area contributed by atoms with E-state index in [9.17, 15) is 0 Å². The van der Waals surface area contributed by atoms with Crippen LogP contribution in [0, 0.1) is 11.8 Å². The molecule has 4 heteroatoms. The van der Waals surface area contributed by atoms with E-state index in [0.717, 1.165) is 17.9 Å². The van der Waals surface area contributed by atoms with Crippen molar-refractivity contribution in [2.45, 2.75) is 25.8 Å². The molecule has 3 unspecified atom stereocenters. The van der Waals surface area contributed by atoms with E-state index >= 15 is 0 Å². The van der Waals surface area contributed by atoms with Gasteiger partial charge in [-0.05, 0) is 36.3 Å². The van der Waals surface area contributed by atoms with Crippen LogP contribution in [0.1, 0.15) is 18.9 Å². The number of halogens is 2. The van der Waals surface area contributed by atoms with Crippen LogP contribution in [0.5, 0.6) is 0 Å². The zero-order valence-corrected chi connectivity index (χ0v) is 10.7. The molecule has 0 radical (unpaired) electrons. The van der Waals surface area contributed by atoms with Crippen molar-refractivity contribution in [2.24, 2.45) is 17.7 Å². The Morgan fingerprint density at radius 3 is 2.75 bits per heavy atom. The number of nitrogens with two attached hydrogens (primary N) is 1. The Kier molecular flexibility index (Phi) is 3.75. The minimum Gasteiger partial charge on any atom is -0.271 e. The third kappa shape index (κ3) is 2.51. The molecule has 3 atom stereocenters. The van der Waals surface area contributed by atoms with Crippen molar-refractivity contribution in [3.63, 3.8) is 0 Å². The summed E-state index contributed by atoms with van der Waals surface area (Å²) in [5.74, 6) is 7.02. The Labute approximate surface area is 106 Å². The minimum atomic E-state index is 0.297. The lowest BCUT2D eigenvalue weighted by Gasteiger charge is -2.16. The van der Waals surface area contributed by atoms with Gasteiger partial charge >= 0.3 is 0 Å². The number of benzene rings is 1. The minimum absolute atomic E-state index is 0.297. The van der Waals surface area contributed by atoms with Crippen LogP contribution in [0.15, 0.2) is 18.2 Å². The summed E-state index contributed by atoms with van der Waals surface area (Å²) in [6.45, 7) is 2.24. The fourth-order valence-corrected chi connectivity index (χ4v) is 2.59. The molecule has 3 N–H and O–H groups in total. The van der Waals surface area contributed by atoms with E-state index in [1.807, 2.05) is 12.1 Å². The first kappa shape index (κ1) is 12.2. The summed E-state index contributed by atoms with van der Waals surface area (Å²) in [5.41, 5.74) is 3.95. The molecule has 1 aromatic carbocycles. The number of rotatable bonds is 4. The van der Waals surface area contributed by atoms with Gasteiger partial charge in [0.15, 0.2) is 0 Å².